The molecule has 1 unspecified atom stereocenters. The Kier molecular flexibility index (Phi) is 4.70. The van der Waals surface area contributed by atoms with Crippen LogP contribution in [0.3, 0.4) is 0 Å². The minimum absolute atomic E-state index is 0.0625. The lowest BCUT2D eigenvalue weighted by atomic mass is 10.1. The van der Waals surface area contributed by atoms with Crippen molar-refractivity contribution in [2.45, 2.75) is 12.5 Å². The van der Waals surface area contributed by atoms with Crippen LogP contribution in [0.15, 0.2) is 30.3 Å². The molecule has 14 heavy (non-hydrogen) atoms. The van der Waals surface area contributed by atoms with Gasteiger partial charge in [0.1, 0.15) is 0 Å². The van der Waals surface area contributed by atoms with Crippen LogP contribution in [-0.4, -0.2) is 24.3 Å². The Morgan fingerprint density at radius 1 is 1.36 bits per heavy atom. The van der Waals surface area contributed by atoms with Crippen molar-refractivity contribution in [1.82, 2.24) is 5.32 Å². The maximum absolute atomic E-state index is 8.82. The Hall–Kier alpha value is -1.37. The number of hydrogen-bond donors (Lipinski definition) is 2. The average molecular weight is 190 g/mol. The quantitative estimate of drug-likeness (QED) is 0.718. The summed E-state index contributed by atoms with van der Waals surface area (Å²) in [6, 6.07) is 11.8. The highest BCUT2D eigenvalue weighted by molar-refractivity contribution is 5.17. The van der Waals surface area contributed by atoms with Gasteiger partial charge in [-0.05, 0) is 5.56 Å². The summed E-state index contributed by atoms with van der Waals surface area (Å²) >= 11 is 0. The van der Waals surface area contributed by atoms with Crippen LogP contribution in [0.2, 0.25) is 0 Å². The van der Waals surface area contributed by atoms with Gasteiger partial charge in [0.05, 0.1) is 18.7 Å². The maximum atomic E-state index is 8.82. The van der Waals surface area contributed by atoms with Crippen molar-refractivity contribution in [2.75, 3.05) is 13.2 Å². The molecule has 0 heterocycles. The zero-order valence-corrected chi connectivity index (χ0v) is 7.98. The molecule has 0 saturated heterocycles. The minimum atomic E-state index is -0.218. The predicted molar refractivity (Wildman–Crippen MR) is 54.6 cm³/mol. The molecule has 74 valence electrons. The number of nitriles is 1. The highest BCUT2D eigenvalue weighted by Gasteiger charge is 2.06. The summed E-state index contributed by atoms with van der Waals surface area (Å²) in [5.74, 6) is 0. The third-order valence-corrected chi connectivity index (χ3v) is 1.94. The number of aliphatic hydroxyl groups excluding tert-OH is 1. The molecule has 3 nitrogen and oxygen atoms in total. The van der Waals surface area contributed by atoms with Crippen LogP contribution < -0.4 is 5.32 Å². The van der Waals surface area contributed by atoms with Crippen LogP contribution in [0.25, 0.3) is 0 Å². The minimum Gasteiger partial charge on any atom is -0.395 e. The smallest absolute Gasteiger partial charge is 0.0994 e. The van der Waals surface area contributed by atoms with E-state index in [1.165, 1.54) is 0 Å². The lowest BCUT2D eigenvalue weighted by molar-refractivity contribution is 0.288. The molecule has 1 atom stereocenters. The highest BCUT2D eigenvalue weighted by atomic mass is 16.3. The van der Waals surface area contributed by atoms with Gasteiger partial charge in [-0.2, -0.15) is 5.26 Å². The third-order valence-electron chi connectivity index (χ3n) is 1.94. The SMILES string of the molecule is N#CC(Cc1ccccc1)NCCO. The normalized spacial score (nSPS) is 12.0. The van der Waals surface area contributed by atoms with E-state index in [4.69, 9.17) is 10.4 Å². The van der Waals surface area contributed by atoms with Crippen molar-refractivity contribution in [3.8, 4) is 6.07 Å². The fraction of sp³-hybridized carbons (Fsp3) is 0.364. The average Bonchev–Trinajstić information content (AvgIpc) is 2.25. The molecule has 3 heteroatoms. The van der Waals surface area contributed by atoms with E-state index >= 15 is 0 Å². The topological polar surface area (TPSA) is 56.0 Å². The Balaban J connectivity index is 2.46. The van der Waals surface area contributed by atoms with Gasteiger partial charge in [0.2, 0.25) is 0 Å². The third kappa shape index (κ3) is 3.56. The van der Waals surface area contributed by atoms with Gasteiger partial charge in [-0.15, -0.1) is 0 Å². The number of hydrogen-bond acceptors (Lipinski definition) is 3. The van der Waals surface area contributed by atoms with Crippen molar-refractivity contribution >= 4 is 0 Å². The first-order valence-corrected chi connectivity index (χ1v) is 4.64. The van der Waals surface area contributed by atoms with E-state index in [1.807, 2.05) is 30.3 Å². The molecule has 0 saturated carbocycles. The number of benzene rings is 1. The van der Waals surface area contributed by atoms with Crippen LogP contribution in [0.5, 0.6) is 0 Å². The molecule has 0 radical (unpaired) electrons. The second kappa shape index (κ2) is 6.14. The number of rotatable bonds is 5. The van der Waals surface area contributed by atoms with E-state index in [0.29, 0.717) is 13.0 Å². The molecule has 1 rings (SSSR count). The molecule has 0 aliphatic carbocycles. The zero-order valence-electron chi connectivity index (χ0n) is 7.98. The summed E-state index contributed by atoms with van der Waals surface area (Å²) in [7, 11) is 0. The predicted octanol–water partition coefficient (Wildman–Crippen LogP) is 0.703. The number of nitrogens with zero attached hydrogens (tertiary/aromatic N) is 1. The van der Waals surface area contributed by atoms with E-state index in [2.05, 4.69) is 11.4 Å². The monoisotopic (exact) mass is 190 g/mol. The number of aliphatic hydroxyl groups is 1. The van der Waals surface area contributed by atoms with Gasteiger partial charge in [-0.25, -0.2) is 0 Å². The standard InChI is InChI=1S/C11H14N2O/c12-9-11(13-6-7-14)8-10-4-2-1-3-5-10/h1-5,11,13-14H,6-8H2. The van der Waals surface area contributed by atoms with Crippen LogP contribution in [0, 0.1) is 11.3 Å². The Morgan fingerprint density at radius 2 is 2.07 bits per heavy atom. The largest absolute Gasteiger partial charge is 0.395 e. The maximum Gasteiger partial charge on any atom is 0.0994 e. The van der Waals surface area contributed by atoms with Gasteiger partial charge in [0.15, 0.2) is 0 Å². The summed E-state index contributed by atoms with van der Waals surface area (Å²) in [4.78, 5) is 0. The molecule has 1 aromatic carbocycles. The highest BCUT2D eigenvalue weighted by Crippen LogP contribution is 2.02. The first kappa shape index (κ1) is 10.7. The van der Waals surface area contributed by atoms with Gasteiger partial charge in [0, 0.05) is 13.0 Å². The van der Waals surface area contributed by atoms with Crippen LogP contribution in [-0.2, 0) is 6.42 Å². The van der Waals surface area contributed by atoms with Crippen molar-refractivity contribution < 1.29 is 5.11 Å². The second-order valence-corrected chi connectivity index (χ2v) is 3.05. The fourth-order valence-electron chi connectivity index (χ4n) is 1.25. The van der Waals surface area contributed by atoms with Crippen LogP contribution >= 0.6 is 0 Å². The molecule has 0 aliphatic heterocycles. The van der Waals surface area contributed by atoms with E-state index < -0.39 is 0 Å². The molecule has 0 aliphatic rings. The molecular weight excluding hydrogens is 176 g/mol. The summed E-state index contributed by atoms with van der Waals surface area (Å²) in [5.41, 5.74) is 1.13. The van der Waals surface area contributed by atoms with Gasteiger partial charge in [-0.1, -0.05) is 30.3 Å². The van der Waals surface area contributed by atoms with Gasteiger partial charge in [0.25, 0.3) is 0 Å². The molecule has 0 aromatic heterocycles. The molecule has 0 bridgehead atoms. The molecular formula is C11H14N2O. The first-order valence-electron chi connectivity index (χ1n) is 4.64. The van der Waals surface area contributed by atoms with E-state index in [0.717, 1.165) is 5.56 Å². The van der Waals surface area contributed by atoms with Gasteiger partial charge < -0.3 is 5.11 Å². The van der Waals surface area contributed by atoms with Crippen LogP contribution in [0.1, 0.15) is 5.56 Å². The second-order valence-electron chi connectivity index (χ2n) is 3.05. The molecule has 0 spiro atoms. The van der Waals surface area contributed by atoms with Crippen molar-refractivity contribution in [3.05, 3.63) is 35.9 Å². The van der Waals surface area contributed by atoms with E-state index in [1.54, 1.807) is 0 Å². The summed E-state index contributed by atoms with van der Waals surface area (Å²) in [6.45, 7) is 0.526. The zero-order chi connectivity index (χ0) is 10.2. The molecule has 1 aromatic rings. The summed E-state index contributed by atoms with van der Waals surface area (Å²) in [5, 5.41) is 20.4. The van der Waals surface area contributed by atoms with Gasteiger partial charge >= 0.3 is 0 Å². The molecule has 0 amide bonds. The van der Waals surface area contributed by atoms with Crippen LogP contribution in [0.4, 0.5) is 0 Å². The summed E-state index contributed by atoms with van der Waals surface area (Å²) in [6.07, 6.45) is 0.678. The Morgan fingerprint density at radius 3 is 2.64 bits per heavy atom. The van der Waals surface area contributed by atoms with E-state index in [-0.39, 0.29) is 12.6 Å². The fourth-order valence-corrected chi connectivity index (χ4v) is 1.25. The lowest BCUT2D eigenvalue weighted by Crippen LogP contribution is -2.31. The first-order chi connectivity index (χ1) is 6.86. The lowest BCUT2D eigenvalue weighted by Gasteiger charge is -2.09. The van der Waals surface area contributed by atoms with Crippen molar-refractivity contribution in [3.63, 3.8) is 0 Å². The molecule has 2 N–H and O–H groups in total. The van der Waals surface area contributed by atoms with Crippen molar-refractivity contribution in [2.24, 2.45) is 0 Å². The number of nitrogens with one attached hydrogen (secondary N) is 1. The Bertz CT molecular complexity index is 292. The summed E-state index contributed by atoms with van der Waals surface area (Å²) < 4.78 is 0. The Labute approximate surface area is 84.0 Å². The van der Waals surface area contributed by atoms with Gasteiger partial charge in [-0.3, -0.25) is 5.32 Å². The molecule has 0 fully saturated rings. The van der Waals surface area contributed by atoms with Crippen molar-refractivity contribution in [1.29, 1.82) is 5.26 Å². The van der Waals surface area contributed by atoms with E-state index in [9.17, 15) is 0 Å².